The fourth-order valence-corrected chi connectivity index (χ4v) is 5.53. The van der Waals surface area contributed by atoms with Crippen LogP contribution in [0.4, 0.5) is 5.82 Å². The first-order chi connectivity index (χ1) is 15.5. The lowest BCUT2D eigenvalue weighted by atomic mass is 9.96. The zero-order valence-electron chi connectivity index (χ0n) is 18.3. The molecule has 2 atom stereocenters. The minimum absolute atomic E-state index is 0.0541. The maximum Gasteiger partial charge on any atom is 0.227 e. The van der Waals surface area contributed by atoms with Gasteiger partial charge in [-0.3, -0.25) is 9.48 Å². The lowest BCUT2D eigenvalue weighted by molar-refractivity contribution is -0.136. The molecule has 9 heteroatoms. The van der Waals surface area contributed by atoms with Crippen LogP contribution in [-0.2, 0) is 10.3 Å². The van der Waals surface area contributed by atoms with E-state index in [9.17, 15) is 4.79 Å². The van der Waals surface area contributed by atoms with Crippen molar-refractivity contribution in [3.8, 4) is 0 Å². The van der Waals surface area contributed by atoms with Gasteiger partial charge in [0.25, 0.3) is 0 Å². The van der Waals surface area contributed by atoms with Crippen molar-refractivity contribution in [3.63, 3.8) is 0 Å². The number of hydrogen-bond acceptors (Lipinski definition) is 5. The average molecular weight is 454 g/mol. The Labute approximate surface area is 192 Å². The van der Waals surface area contributed by atoms with Crippen molar-refractivity contribution >= 4 is 34.5 Å². The third-order valence-corrected chi connectivity index (χ3v) is 7.61. The Morgan fingerprint density at radius 1 is 1.19 bits per heavy atom. The smallest absolute Gasteiger partial charge is 0.227 e. The van der Waals surface area contributed by atoms with Crippen molar-refractivity contribution in [3.05, 3.63) is 35.4 Å². The number of piperidine rings is 1. The molecule has 0 bridgehead atoms. The second kappa shape index (κ2) is 7.47. The van der Waals surface area contributed by atoms with Gasteiger partial charge in [-0.15, -0.1) is 0 Å². The van der Waals surface area contributed by atoms with Crippen LogP contribution in [0.5, 0.6) is 0 Å². The van der Waals surface area contributed by atoms with Crippen LogP contribution in [0.1, 0.15) is 51.3 Å². The number of rotatable bonds is 4. The molecule has 3 fully saturated rings. The van der Waals surface area contributed by atoms with E-state index < -0.39 is 0 Å². The maximum atomic E-state index is 13.1. The Morgan fingerprint density at radius 3 is 2.75 bits per heavy atom. The minimum atomic E-state index is -0.247. The lowest BCUT2D eigenvalue weighted by Crippen LogP contribution is -2.46. The highest BCUT2D eigenvalue weighted by molar-refractivity contribution is 6.30. The SMILES string of the molecule is C[C@@H]1CCCN1C(=O)[C@@H]1CCCN(c2ccc3nc(C4(n5cc(Cl)cn5)CC4)[nH]c3n2)C1. The Hall–Kier alpha value is -2.61. The van der Waals surface area contributed by atoms with Crippen LogP contribution >= 0.6 is 11.6 Å². The summed E-state index contributed by atoms with van der Waals surface area (Å²) in [6, 6.07) is 4.43. The van der Waals surface area contributed by atoms with Gasteiger partial charge in [-0.05, 0) is 57.6 Å². The summed E-state index contributed by atoms with van der Waals surface area (Å²) in [5.74, 6) is 2.16. The van der Waals surface area contributed by atoms with Crippen LogP contribution in [0.25, 0.3) is 11.2 Å². The fourth-order valence-electron chi connectivity index (χ4n) is 5.39. The molecule has 6 rings (SSSR count). The number of hydrogen-bond donors (Lipinski definition) is 1. The zero-order chi connectivity index (χ0) is 21.9. The van der Waals surface area contributed by atoms with E-state index in [0.717, 1.165) is 81.0 Å². The minimum Gasteiger partial charge on any atom is -0.356 e. The topological polar surface area (TPSA) is 82.9 Å². The first-order valence-electron chi connectivity index (χ1n) is 11.7. The molecule has 1 aliphatic carbocycles. The van der Waals surface area contributed by atoms with Crippen LogP contribution in [-0.4, -0.2) is 61.2 Å². The van der Waals surface area contributed by atoms with Crippen molar-refractivity contribution in [1.82, 2.24) is 29.6 Å². The van der Waals surface area contributed by atoms with E-state index in [1.807, 2.05) is 23.0 Å². The molecule has 0 radical (unpaired) electrons. The second-order valence-corrected chi connectivity index (χ2v) is 10.0. The normalized spacial score (nSPS) is 24.9. The molecular formula is C23H28ClN7O. The van der Waals surface area contributed by atoms with Gasteiger partial charge in [-0.2, -0.15) is 5.10 Å². The fraction of sp³-hybridized carbons (Fsp3) is 0.565. The number of nitrogens with zero attached hydrogens (tertiary/aromatic N) is 6. The van der Waals surface area contributed by atoms with E-state index in [0.29, 0.717) is 17.0 Å². The summed E-state index contributed by atoms with van der Waals surface area (Å²) in [5, 5.41) is 5.04. The molecule has 0 spiro atoms. The average Bonchev–Trinajstić information content (AvgIpc) is 3.12. The van der Waals surface area contributed by atoms with Crippen molar-refractivity contribution in [2.24, 2.45) is 5.92 Å². The summed E-state index contributed by atoms with van der Waals surface area (Å²) in [6.45, 7) is 4.73. The van der Waals surface area contributed by atoms with Gasteiger partial charge in [0.05, 0.1) is 17.1 Å². The number of pyridine rings is 1. The van der Waals surface area contributed by atoms with E-state index in [1.165, 1.54) is 0 Å². The monoisotopic (exact) mass is 453 g/mol. The number of likely N-dealkylation sites (tertiary alicyclic amines) is 1. The second-order valence-electron chi connectivity index (χ2n) is 9.57. The number of nitrogens with one attached hydrogen (secondary N) is 1. The predicted octanol–water partition coefficient (Wildman–Crippen LogP) is 3.57. The Morgan fingerprint density at radius 2 is 2.03 bits per heavy atom. The van der Waals surface area contributed by atoms with Gasteiger partial charge in [0.2, 0.25) is 5.91 Å². The summed E-state index contributed by atoms with van der Waals surface area (Å²) in [4.78, 5) is 30.6. The van der Waals surface area contributed by atoms with Crippen LogP contribution in [0.2, 0.25) is 5.02 Å². The zero-order valence-corrected chi connectivity index (χ0v) is 19.1. The quantitative estimate of drug-likeness (QED) is 0.652. The molecule has 1 N–H and O–H groups in total. The molecule has 168 valence electrons. The van der Waals surface area contributed by atoms with Gasteiger partial charge in [0.15, 0.2) is 5.65 Å². The number of aromatic nitrogens is 5. The highest BCUT2D eigenvalue weighted by Crippen LogP contribution is 2.48. The third kappa shape index (κ3) is 3.27. The number of halogens is 1. The lowest BCUT2D eigenvalue weighted by Gasteiger charge is -2.35. The first-order valence-corrected chi connectivity index (χ1v) is 12.0. The molecule has 3 aromatic rings. The third-order valence-electron chi connectivity index (χ3n) is 7.41. The molecule has 1 saturated carbocycles. The van der Waals surface area contributed by atoms with Crippen molar-refractivity contribution in [2.75, 3.05) is 24.5 Å². The molecule has 32 heavy (non-hydrogen) atoms. The van der Waals surface area contributed by atoms with Crippen LogP contribution in [0.3, 0.4) is 0 Å². The molecule has 8 nitrogen and oxygen atoms in total. The van der Waals surface area contributed by atoms with Crippen LogP contribution < -0.4 is 4.90 Å². The molecule has 0 unspecified atom stereocenters. The number of H-pyrrole nitrogens is 1. The Kier molecular flexibility index (Phi) is 4.68. The number of anilines is 1. The summed E-state index contributed by atoms with van der Waals surface area (Å²) < 4.78 is 1.91. The first kappa shape index (κ1) is 20.0. The van der Waals surface area contributed by atoms with Crippen LogP contribution in [0.15, 0.2) is 24.5 Å². The van der Waals surface area contributed by atoms with E-state index in [2.05, 4.69) is 26.8 Å². The highest BCUT2D eigenvalue weighted by Gasteiger charge is 2.50. The van der Waals surface area contributed by atoms with E-state index >= 15 is 0 Å². The highest BCUT2D eigenvalue weighted by atomic mass is 35.5. The van der Waals surface area contributed by atoms with Gasteiger partial charge in [-0.25, -0.2) is 9.97 Å². The van der Waals surface area contributed by atoms with Gasteiger partial charge in [-0.1, -0.05) is 11.6 Å². The standard InChI is InChI=1S/C23H28ClN7O/c1-15-4-2-11-30(15)21(32)16-5-3-10-29(13-16)19-7-6-18-20(27-19)28-22(26-18)23(8-9-23)31-14-17(24)12-25-31/h6-7,12,14-16H,2-5,8-11,13H2,1H3,(H,26,27,28)/t15-,16-/m1/s1. The number of amides is 1. The van der Waals surface area contributed by atoms with Gasteiger partial charge >= 0.3 is 0 Å². The van der Waals surface area contributed by atoms with E-state index in [-0.39, 0.29) is 11.5 Å². The van der Waals surface area contributed by atoms with Crippen molar-refractivity contribution < 1.29 is 4.79 Å². The number of imidazole rings is 1. The molecular weight excluding hydrogens is 426 g/mol. The molecule has 2 aliphatic heterocycles. The predicted molar refractivity (Wildman–Crippen MR) is 123 cm³/mol. The van der Waals surface area contributed by atoms with Crippen molar-refractivity contribution in [2.45, 2.75) is 57.0 Å². The van der Waals surface area contributed by atoms with Gasteiger partial charge in [0, 0.05) is 31.9 Å². The van der Waals surface area contributed by atoms with Crippen molar-refractivity contribution in [1.29, 1.82) is 0 Å². The summed E-state index contributed by atoms with van der Waals surface area (Å²) >= 11 is 6.09. The molecule has 0 aromatic carbocycles. The number of carbonyl (C=O) groups excluding carboxylic acids is 1. The summed E-state index contributed by atoms with van der Waals surface area (Å²) in [7, 11) is 0. The van der Waals surface area contributed by atoms with E-state index in [4.69, 9.17) is 21.6 Å². The number of aromatic amines is 1. The Bertz CT molecular complexity index is 1170. The van der Waals surface area contributed by atoms with Crippen LogP contribution in [0, 0.1) is 5.92 Å². The molecule has 5 heterocycles. The Balaban J connectivity index is 1.24. The van der Waals surface area contributed by atoms with E-state index in [1.54, 1.807) is 6.20 Å². The molecule has 1 amide bonds. The van der Waals surface area contributed by atoms with Gasteiger partial charge < -0.3 is 14.8 Å². The maximum absolute atomic E-state index is 13.1. The summed E-state index contributed by atoms with van der Waals surface area (Å²) in [5.41, 5.74) is 1.38. The number of fused-ring (bicyclic) bond motifs is 1. The molecule has 3 aromatic heterocycles. The summed E-state index contributed by atoms with van der Waals surface area (Å²) in [6.07, 6.45) is 9.68. The molecule has 2 saturated heterocycles. The van der Waals surface area contributed by atoms with Gasteiger partial charge in [0.1, 0.15) is 22.7 Å². The largest absolute Gasteiger partial charge is 0.356 e. The number of carbonyl (C=O) groups is 1. The molecule has 3 aliphatic rings.